The molecule has 0 amide bonds. The van der Waals surface area contributed by atoms with Crippen LogP contribution in [0.15, 0.2) is 0 Å². The molecule has 1 aromatic rings. The quantitative estimate of drug-likeness (QED) is 0.778. The summed E-state index contributed by atoms with van der Waals surface area (Å²) in [5, 5.41) is 9.35. The Hall–Kier alpha value is -0.910. The van der Waals surface area contributed by atoms with E-state index in [4.69, 9.17) is 16.3 Å². The maximum Gasteiger partial charge on any atom is 0.224 e. The molecule has 1 N–H and O–H groups in total. The third-order valence-corrected chi connectivity index (χ3v) is 2.82. The van der Waals surface area contributed by atoms with Crippen molar-refractivity contribution in [3.8, 4) is 0 Å². The smallest absolute Gasteiger partial charge is 0.224 e. The molecule has 2 rings (SSSR count). The summed E-state index contributed by atoms with van der Waals surface area (Å²) in [5.74, 6) is 0.798. The van der Waals surface area contributed by atoms with Crippen LogP contribution in [0.3, 0.4) is 0 Å². The van der Waals surface area contributed by atoms with Crippen molar-refractivity contribution in [1.29, 1.82) is 0 Å². The van der Waals surface area contributed by atoms with Gasteiger partial charge in [-0.25, -0.2) is 9.97 Å². The molecule has 1 saturated heterocycles. The van der Waals surface area contributed by atoms with Crippen LogP contribution in [0.4, 0.5) is 5.82 Å². The van der Waals surface area contributed by atoms with Crippen molar-refractivity contribution >= 4 is 17.4 Å². The molecule has 88 valence electrons. The topological polar surface area (TPSA) is 58.5 Å². The van der Waals surface area contributed by atoms with Crippen molar-refractivity contribution in [2.45, 2.75) is 13.5 Å². The fourth-order valence-corrected chi connectivity index (χ4v) is 1.94. The van der Waals surface area contributed by atoms with Crippen LogP contribution in [0.25, 0.3) is 0 Å². The van der Waals surface area contributed by atoms with Gasteiger partial charge in [-0.2, -0.15) is 0 Å². The van der Waals surface area contributed by atoms with Gasteiger partial charge >= 0.3 is 0 Å². The first-order chi connectivity index (χ1) is 7.72. The minimum atomic E-state index is -0.120. The van der Waals surface area contributed by atoms with Gasteiger partial charge in [0.05, 0.1) is 25.5 Å². The molecule has 0 aromatic carbocycles. The zero-order chi connectivity index (χ0) is 11.5. The van der Waals surface area contributed by atoms with Crippen LogP contribution in [-0.2, 0) is 11.3 Å². The van der Waals surface area contributed by atoms with Gasteiger partial charge in [0.25, 0.3) is 0 Å². The van der Waals surface area contributed by atoms with E-state index >= 15 is 0 Å². The van der Waals surface area contributed by atoms with E-state index in [0.29, 0.717) is 18.9 Å². The fraction of sp³-hybridized carbons (Fsp3) is 0.600. The third kappa shape index (κ3) is 2.26. The number of rotatable bonds is 2. The van der Waals surface area contributed by atoms with Gasteiger partial charge in [0, 0.05) is 18.7 Å². The highest BCUT2D eigenvalue weighted by Gasteiger charge is 2.17. The van der Waals surface area contributed by atoms with E-state index in [9.17, 15) is 5.11 Å². The molecular formula is C10H14ClN3O2. The first kappa shape index (κ1) is 11.6. The molecule has 0 saturated carbocycles. The number of aliphatic hydroxyl groups is 1. The molecule has 5 nitrogen and oxygen atoms in total. The van der Waals surface area contributed by atoms with E-state index in [1.54, 1.807) is 0 Å². The van der Waals surface area contributed by atoms with Crippen LogP contribution in [0.5, 0.6) is 0 Å². The lowest BCUT2D eigenvalue weighted by Gasteiger charge is -2.29. The predicted molar refractivity (Wildman–Crippen MR) is 60.7 cm³/mol. The van der Waals surface area contributed by atoms with E-state index in [1.165, 1.54) is 0 Å². The van der Waals surface area contributed by atoms with Crippen molar-refractivity contribution in [3.63, 3.8) is 0 Å². The van der Waals surface area contributed by atoms with E-state index in [2.05, 4.69) is 14.9 Å². The summed E-state index contributed by atoms with van der Waals surface area (Å²) < 4.78 is 5.28. The average Bonchev–Trinajstić information content (AvgIpc) is 2.33. The number of hydrogen-bond donors (Lipinski definition) is 1. The Bertz CT molecular complexity index is 381. The lowest BCUT2D eigenvalue weighted by Crippen LogP contribution is -2.37. The first-order valence-electron chi connectivity index (χ1n) is 5.19. The molecule has 0 radical (unpaired) electrons. The summed E-state index contributed by atoms with van der Waals surface area (Å²) in [4.78, 5) is 10.3. The van der Waals surface area contributed by atoms with Crippen LogP contribution in [0, 0.1) is 6.92 Å². The zero-order valence-corrected chi connectivity index (χ0v) is 9.87. The van der Waals surface area contributed by atoms with Gasteiger partial charge in [-0.3, -0.25) is 0 Å². The van der Waals surface area contributed by atoms with Gasteiger partial charge in [0.15, 0.2) is 0 Å². The lowest BCUT2D eigenvalue weighted by molar-refractivity contribution is 0.122. The predicted octanol–water partition coefficient (Wildman–Crippen LogP) is 0.767. The SMILES string of the molecule is Cc1c(CO)nc(Cl)nc1N1CCOCC1. The van der Waals surface area contributed by atoms with Gasteiger partial charge in [-0.15, -0.1) is 0 Å². The molecule has 0 bridgehead atoms. The Labute approximate surface area is 99.0 Å². The molecule has 1 aliphatic heterocycles. The summed E-state index contributed by atoms with van der Waals surface area (Å²) >= 11 is 5.83. The maximum atomic E-state index is 9.17. The summed E-state index contributed by atoms with van der Waals surface area (Å²) in [5.41, 5.74) is 1.47. The Morgan fingerprint density at radius 3 is 2.69 bits per heavy atom. The third-order valence-electron chi connectivity index (χ3n) is 2.65. The summed E-state index contributed by atoms with van der Waals surface area (Å²) in [6, 6.07) is 0. The van der Waals surface area contributed by atoms with Gasteiger partial charge in [0.1, 0.15) is 5.82 Å². The minimum absolute atomic E-state index is 0.120. The highest BCUT2D eigenvalue weighted by molar-refractivity contribution is 6.28. The number of aliphatic hydroxyl groups excluding tert-OH is 1. The second-order valence-electron chi connectivity index (χ2n) is 3.65. The van der Waals surface area contributed by atoms with Crippen molar-refractivity contribution < 1.29 is 9.84 Å². The van der Waals surface area contributed by atoms with Crippen LogP contribution in [-0.4, -0.2) is 41.4 Å². The van der Waals surface area contributed by atoms with Crippen LogP contribution < -0.4 is 4.90 Å². The second kappa shape index (κ2) is 4.95. The normalized spacial score (nSPS) is 16.6. The number of morpholine rings is 1. The fourth-order valence-electron chi connectivity index (χ4n) is 1.76. The lowest BCUT2D eigenvalue weighted by atomic mass is 10.2. The molecule has 1 aromatic heterocycles. The van der Waals surface area contributed by atoms with Gasteiger partial charge in [-0.05, 0) is 18.5 Å². The number of nitrogens with zero attached hydrogens (tertiary/aromatic N) is 3. The summed E-state index contributed by atoms with van der Waals surface area (Å²) in [6.45, 7) is 4.74. The summed E-state index contributed by atoms with van der Waals surface area (Å²) in [7, 11) is 0. The van der Waals surface area contributed by atoms with Gasteiger partial charge < -0.3 is 14.7 Å². The standard InChI is InChI=1S/C10H14ClN3O2/c1-7-8(6-15)12-10(11)13-9(7)14-2-4-16-5-3-14/h15H,2-6H2,1H3. The minimum Gasteiger partial charge on any atom is -0.390 e. The second-order valence-corrected chi connectivity index (χ2v) is 3.98. The Morgan fingerprint density at radius 2 is 2.06 bits per heavy atom. The zero-order valence-electron chi connectivity index (χ0n) is 9.11. The number of hydrogen-bond acceptors (Lipinski definition) is 5. The molecule has 2 heterocycles. The van der Waals surface area contributed by atoms with Gasteiger partial charge in [0.2, 0.25) is 5.28 Å². The monoisotopic (exact) mass is 243 g/mol. The Balaban J connectivity index is 2.34. The van der Waals surface area contributed by atoms with Gasteiger partial charge in [-0.1, -0.05) is 0 Å². The van der Waals surface area contributed by atoms with Crippen molar-refractivity contribution in [2.75, 3.05) is 31.2 Å². The largest absolute Gasteiger partial charge is 0.390 e. The molecule has 0 aliphatic carbocycles. The first-order valence-corrected chi connectivity index (χ1v) is 5.56. The average molecular weight is 244 g/mol. The van der Waals surface area contributed by atoms with Crippen molar-refractivity contribution in [3.05, 3.63) is 16.5 Å². The van der Waals surface area contributed by atoms with Crippen LogP contribution >= 0.6 is 11.6 Å². The maximum absolute atomic E-state index is 9.17. The molecule has 0 spiro atoms. The number of aromatic nitrogens is 2. The molecule has 0 atom stereocenters. The number of halogens is 1. The molecule has 1 aliphatic rings. The molecule has 6 heteroatoms. The van der Waals surface area contributed by atoms with E-state index < -0.39 is 0 Å². The highest BCUT2D eigenvalue weighted by Crippen LogP contribution is 2.22. The summed E-state index contributed by atoms with van der Waals surface area (Å²) in [6.07, 6.45) is 0. The molecule has 1 fully saturated rings. The Morgan fingerprint density at radius 1 is 1.38 bits per heavy atom. The van der Waals surface area contributed by atoms with E-state index in [0.717, 1.165) is 24.5 Å². The van der Waals surface area contributed by atoms with E-state index in [1.807, 2.05) is 6.92 Å². The van der Waals surface area contributed by atoms with Crippen LogP contribution in [0.1, 0.15) is 11.3 Å². The molecule has 0 unspecified atom stereocenters. The van der Waals surface area contributed by atoms with Crippen molar-refractivity contribution in [1.82, 2.24) is 9.97 Å². The Kier molecular flexibility index (Phi) is 3.58. The van der Waals surface area contributed by atoms with Crippen molar-refractivity contribution in [2.24, 2.45) is 0 Å². The highest BCUT2D eigenvalue weighted by atomic mass is 35.5. The van der Waals surface area contributed by atoms with Crippen LogP contribution in [0.2, 0.25) is 5.28 Å². The number of anilines is 1. The molecule has 16 heavy (non-hydrogen) atoms. The molecular weight excluding hydrogens is 230 g/mol. The van der Waals surface area contributed by atoms with E-state index in [-0.39, 0.29) is 11.9 Å². The number of ether oxygens (including phenoxy) is 1.